The van der Waals surface area contributed by atoms with Crippen molar-refractivity contribution >= 4 is 92.1 Å². The van der Waals surface area contributed by atoms with Crippen LogP contribution in [0, 0.1) is 5.92 Å². The lowest BCUT2D eigenvalue weighted by atomic mass is 9.88. The van der Waals surface area contributed by atoms with Crippen LogP contribution in [0.4, 0.5) is 0 Å². The molecule has 0 aliphatic rings. The Morgan fingerprint density at radius 1 is 0.466 bits per heavy atom. The van der Waals surface area contributed by atoms with Gasteiger partial charge in [-0.25, -0.2) is 0 Å². The van der Waals surface area contributed by atoms with Gasteiger partial charge in [-0.15, -0.1) is 0 Å². The van der Waals surface area contributed by atoms with Gasteiger partial charge >= 0.3 is 5.97 Å². The van der Waals surface area contributed by atoms with E-state index in [1.54, 1.807) is 0 Å². The van der Waals surface area contributed by atoms with Crippen LogP contribution in [-0.4, -0.2) is 11.1 Å². The van der Waals surface area contributed by atoms with Gasteiger partial charge in [0.15, 0.2) is 0 Å². The molecular formula is C55H44O3. The Bertz CT molecular complexity index is 3200. The molecule has 0 aromatic heterocycles. The fraction of sp³-hybridized carbons (Fsp3) is 0.145. The molecular weight excluding hydrogens is 709 g/mol. The van der Waals surface area contributed by atoms with Crippen molar-refractivity contribution < 1.29 is 14.6 Å². The fourth-order valence-electron chi connectivity index (χ4n) is 9.50. The summed E-state index contributed by atoms with van der Waals surface area (Å²) in [5, 5.41) is 29.8. The molecule has 0 spiro atoms. The van der Waals surface area contributed by atoms with Crippen molar-refractivity contribution in [3.05, 3.63) is 180 Å². The molecule has 0 radical (unpaired) electrons. The zero-order valence-electron chi connectivity index (χ0n) is 33.1. The van der Waals surface area contributed by atoms with Crippen molar-refractivity contribution in [3.63, 3.8) is 0 Å². The average Bonchev–Trinajstić information content (AvgIpc) is 3.26. The molecule has 1 unspecified atom stereocenters. The lowest BCUT2D eigenvalue weighted by Gasteiger charge is -2.17. The van der Waals surface area contributed by atoms with Crippen molar-refractivity contribution in [1.29, 1.82) is 0 Å². The van der Waals surface area contributed by atoms with Gasteiger partial charge in [-0.3, -0.25) is 4.79 Å². The van der Waals surface area contributed by atoms with Gasteiger partial charge in [0.1, 0.15) is 6.61 Å². The maximum Gasteiger partial charge on any atom is 0.313 e. The molecule has 0 bridgehead atoms. The summed E-state index contributed by atoms with van der Waals surface area (Å²) in [4.78, 5) is 13.0. The third-order valence-electron chi connectivity index (χ3n) is 12.2. The largest absolute Gasteiger partial charge is 0.460 e. The predicted octanol–water partition coefficient (Wildman–Crippen LogP) is 14.0. The summed E-state index contributed by atoms with van der Waals surface area (Å²) in [5.74, 6) is 0.117. The van der Waals surface area contributed by atoms with Crippen LogP contribution in [-0.2, 0) is 29.2 Å². The van der Waals surface area contributed by atoms with Crippen LogP contribution in [0.3, 0.4) is 0 Å². The van der Waals surface area contributed by atoms with E-state index >= 15 is 0 Å². The number of ether oxygens (including phenoxy) is 1. The van der Waals surface area contributed by atoms with Gasteiger partial charge in [-0.2, -0.15) is 0 Å². The smallest absolute Gasteiger partial charge is 0.313 e. The molecule has 0 aliphatic heterocycles. The molecule has 0 fully saturated rings. The van der Waals surface area contributed by atoms with Crippen LogP contribution < -0.4 is 0 Å². The Balaban J connectivity index is 0.000000158. The Kier molecular flexibility index (Phi) is 8.92. The predicted molar refractivity (Wildman–Crippen MR) is 244 cm³/mol. The van der Waals surface area contributed by atoms with Crippen LogP contribution in [0.15, 0.2) is 158 Å². The first-order valence-corrected chi connectivity index (χ1v) is 20.4. The van der Waals surface area contributed by atoms with E-state index < -0.39 is 0 Å². The number of hydrogen-bond donors (Lipinski definition) is 1. The number of aliphatic hydroxyl groups excluding tert-OH is 1. The number of benzene rings is 11. The van der Waals surface area contributed by atoms with Crippen LogP contribution >= 0.6 is 0 Å². The van der Waals surface area contributed by atoms with Crippen LogP contribution in [0.1, 0.15) is 48.9 Å². The Morgan fingerprint density at radius 2 is 0.862 bits per heavy atom. The number of carbonyl (C=O) groups excluding carboxylic acids is 1. The minimum Gasteiger partial charge on any atom is -0.460 e. The van der Waals surface area contributed by atoms with Crippen molar-refractivity contribution in [2.45, 2.75) is 46.3 Å². The molecule has 3 nitrogen and oxygen atoms in total. The summed E-state index contributed by atoms with van der Waals surface area (Å²) in [5.41, 5.74) is 4.33. The molecule has 11 rings (SSSR count). The first-order chi connectivity index (χ1) is 28.4. The lowest BCUT2D eigenvalue weighted by Crippen LogP contribution is -2.13. The van der Waals surface area contributed by atoms with E-state index in [9.17, 15) is 9.90 Å². The molecule has 0 aliphatic carbocycles. The zero-order chi connectivity index (χ0) is 39.5. The zero-order valence-corrected chi connectivity index (χ0v) is 33.1. The van der Waals surface area contributed by atoms with Crippen molar-refractivity contribution in [2.75, 3.05) is 0 Å². The topological polar surface area (TPSA) is 46.5 Å². The Labute approximate surface area is 337 Å². The molecule has 11 aromatic carbocycles. The molecule has 0 heterocycles. The van der Waals surface area contributed by atoms with E-state index in [0.717, 1.165) is 33.9 Å². The van der Waals surface area contributed by atoms with Gasteiger partial charge in [0.05, 0.1) is 12.5 Å². The average molecular weight is 753 g/mol. The second-order valence-electron chi connectivity index (χ2n) is 16.2. The second kappa shape index (κ2) is 14.4. The highest BCUT2D eigenvalue weighted by Gasteiger charge is 2.19. The van der Waals surface area contributed by atoms with Crippen LogP contribution in [0.5, 0.6) is 0 Å². The van der Waals surface area contributed by atoms with Gasteiger partial charge in [0, 0.05) is 0 Å². The molecule has 3 heteroatoms. The minimum absolute atomic E-state index is 0.0755. The number of esters is 1. The van der Waals surface area contributed by atoms with E-state index in [2.05, 4.69) is 166 Å². The van der Waals surface area contributed by atoms with Gasteiger partial charge in [-0.05, 0) is 128 Å². The molecule has 11 aromatic rings. The Hall–Kier alpha value is -6.55. The summed E-state index contributed by atoms with van der Waals surface area (Å²) < 4.78 is 5.87. The van der Waals surface area contributed by atoms with E-state index in [1.807, 2.05) is 13.0 Å². The van der Waals surface area contributed by atoms with Gasteiger partial charge < -0.3 is 9.84 Å². The quantitative estimate of drug-likeness (QED) is 0.100. The fourth-order valence-corrected chi connectivity index (χ4v) is 9.50. The number of fused-ring (bicyclic) bond motifs is 4. The maximum atomic E-state index is 13.0. The summed E-state index contributed by atoms with van der Waals surface area (Å²) in [7, 11) is 0. The third kappa shape index (κ3) is 5.88. The summed E-state index contributed by atoms with van der Waals surface area (Å²) in [6, 6.07) is 55.8. The standard InChI is InChI=1S/C34H30O2.C21H14O/c1-21(2)19-23-13-15-24(16-14-23)22(3)34(35)36-20-26-17-18-31-29-11-5-8-25-7-4-10-28(32(25)29)30-12-6-9-27(26)33(30)31;22-12-14-10-11-19-17-8-2-5-13-4-1-7-16(20(13)17)18-9-3-6-15(14)21(18)19/h4-18,21-22H,19-20H2,1-3H3;1-11,22H,12H2. The summed E-state index contributed by atoms with van der Waals surface area (Å²) in [6.07, 6.45) is 1.04. The molecule has 282 valence electrons. The van der Waals surface area contributed by atoms with Crippen molar-refractivity contribution in [1.82, 2.24) is 0 Å². The number of hydrogen-bond acceptors (Lipinski definition) is 3. The summed E-state index contributed by atoms with van der Waals surface area (Å²) >= 11 is 0. The number of aliphatic hydroxyl groups is 1. The second-order valence-corrected chi connectivity index (χ2v) is 16.2. The van der Waals surface area contributed by atoms with Crippen molar-refractivity contribution in [3.8, 4) is 0 Å². The van der Waals surface area contributed by atoms with E-state index in [1.165, 1.54) is 81.0 Å². The molecule has 1 N–H and O–H groups in total. The minimum atomic E-state index is -0.303. The first kappa shape index (κ1) is 35.8. The van der Waals surface area contributed by atoms with Gasteiger partial charge in [-0.1, -0.05) is 172 Å². The molecule has 0 amide bonds. The molecule has 1 atom stereocenters. The molecule has 58 heavy (non-hydrogen) atoms. The normalized spacial score (nSPS) is 12.5. The maximum absolute atomic E-state index is 13.0. The molecule has 0 saturated heterocycles. The highest BCUT2D eigenvalue weighted by Crippen LogP contribution is 2.42. The van der Waals surface area contributed by atoms with Gasteiger partial charge in [0.25, 0.3) is 0 Å². The lowest BCUT2D eigenvalue weighted by molar-refractivity contribution is -0.146. The number of carbonyl (C=O) groups is 1. The monoisotopic (exact) mass is 752 g/mol. The van der Waals surface area contributed by atoms with Gasteiger partial charge in [0.2, 0.25) is 0 Å². The highest BCUT2D eigenvalue weighted by molar-refractivity contribution is 6.34. The van der Waals surface area contributed by atoms with E-state index in [-0.39, 0.29) is 25.1 Å². The first-order valence-electron chi connectivity index (χ1n) is 20.4. The van der Waals surface area contributed by atoms with E-state index in [4.69, 9.17) is 4.74 Å². The van der Waals surface area contributed by atoms with E-state index in [0.29, 0.717) is 5.92 Å². The SMILES string of the molecule is CC(C)Cc1ccc(C(C)C(=O)OCc2ccc3c4cccc5cccc(c6cccc2c63)c54)cc1.OCc1ccc2c3cccc4cccc(c5cccc1c52)c43. The third-order valence-corrected chi connectivity index (χ3v) is 12.2. The number of rotatable bonds is 7. The highest BCUT2D eigenvalue weighted by atomic mass is 16.5. The molecule has 0 saturated carbocycles. The Morgan fingerprint density at radius 3 is 1.33 bits per heavy atom. The van der Waals surface area contributed by atoms with Crippen LogP contribution in [0.2, 0.25) is 0 Å². The van der Waals surface area contributed by atoms with Crippen molar-refractivity contribution in [2.24, 2.45) is 5.92 Å². The summed E-state index contributed by atoms with van der Waals surface area (Å²) in [6.45, 7) is 6.70. The van der Waals surface area contributed by atoms with Crippen LogP contribution in [0.25, 0.3) is 86.2 Å².